The number of carboxylic acid groups (broad SMARTS) is 1. The Labute approximate surface area is 69.9 Å². The molecule has 0 spiro atoms. The summed E-state index contributed by atoms with van der Waals surface area (Å²) in [4.78, 5) is 8.15. The van der Waals surface area contributed by atoms with E-state index in [0.29, 0.717) is 0 Å². The Kier molecular flexibility index (Phi) is 7.86. The van der Waals surface area contributed by atoms with Crippen LogP contribution in [-0.2, 0) is 4.79 Å². The third-order valence-corrected chi connectivity index (χ3v) is 0.560. The molecule has 0 unspecified atom stereocenters. The standard InChI is InChI=1S/C2H2Cl2O2.Bi.3H/c3-1(4)2(5)6;;;;/h1H,(H,5,6);;;;. The van der Waals surface area contributed by atoms with E-state index in [0.717, 1.165) is 0 Å². The van der Waals surface area contributed by atoms with Crippen molar-refractivity contribution in [3.63, 3.8) is 0 Å². The van der Waals surface area contributed by atoms with Crippen LogP contribution < -0.4 is 0 Å². The molecule has 0 aromatic carbocycles. The molecule has 0 rings (SSSR count). The first-order chi connectivity index (χ1) is 2.64. The van der Waals surface area contributed by atoms with Crippen molar-refractivity contribution in [2.45, 2.75) is 4.84 Å². The van der Waals surface area contributed by atoms with E-state index in [9.17, 15) is 4.79 Å². The first kappa shape index (κ1) is 10.8. The summed E-state index contributed by atoms with van der Waals surface area (Å²) >= 11 is 9.56. The number of hydrogen-bond acceptors (Lipinski definition) is 1. The van der Waals surface area contributed by atoms with E-state index >= 15 is 0 Å². The van der Waals surface area contributed by atoms with Crippen LogP contribution in [0.5, 0.6) is 0 Å². The molecule has 0 radical (unpaired) electrons. The van der Waals surface area contributed by atoms with Gasteiger partial charge in [-0.2, -0.15) is 0 Å². The molecule has 5 heteroatoms. The summed E-state index contributed by atoms with van der Waals surface area (Å²) in [5.41, 5.74) is 0. The average Bonchev–Trinajstić information content (AvgIpc) is 1.36. The quantitative estimate of drug-likeness (QED) is 0.525. The summed E-state index contributed by atoms with van der Waals surface area (Å²) in [5.74, 6) is -1.21. The van der Waals surface area contributed by atoms with Crippen molar-refractivity contribution in [2.75, 3.05) is 0 Å². The van der Waals surface area contributed by atoms with Gasteiger partial charge < -0.3 is 5.11 Å². The number of rotatable bonds is 1. The van der Waals surface area contributed by atoms with Crippen molar-refractivity contribution in [1.29, 1.82) is 0 Å². The molecule has 0 saturated carbocycles. The molecule has 0 aromatic heterocycles. The van der Waals surface area contributed by atoms with Crippen molar-refractivity contribution < 1.29 is 9.90 Å². The van der Waals surface area contributed by atoms with Crippen molar-refractivity contribution in [2.24, 2.45) is 0 Å². The van der Waals surface area contributed by atoms with Crippen LogP contribution in [0.3, 0.4) is 0 Å². The summed E-state index contributed by atoms with van der Waals surface area (Å²) in [7, 11) is 0. The number of alkyl halides is 2. The van der Waals surface area contributed by atoms with Gasteiger partial charge in [0.1, 0.15) is 0 Å². The predicted molar refractivity (Wildman–Crippen MR) is 33.1 cm³/mol. The minimum atomic E-state index is -1.29. The molecule has 0 aromatic rings. The molecule has 0 aliphatic heterocycles. The normalized spacial score (nSPS) is 7.86. The molecular formula is C2H5BiCl2O2. The van der Waals surface area contributed by atoms with E-state index in [-0.39, 0.29) is 26.2 Å². The molecule has 44 valence electrons. The Bertz CT molecular complexity index is 64.7. The van der Waals surface area contributed by atoms with E-state index < -0.39 is 10.8 Å². The molecule has 2 nitrogen and oxygen atoms in total. The van der Waals surface area contributed by atoms with Crippen LogP contribution in [-0.4, -0.2) is 42.1 Å². The van der Waals surface area contributed by atoms with Gasteiger partial charge in [-0.15, -0.1) is 0 Å². The first-order valence-corrected chi connectivity index (χ1v) is 2.03. The minimum absolute atomic E-state index is 0. The van der Waals surface area contributed by atoms with E-state index in [4.69, 9.17) is 28.3 Å². The number of hydrogen-bond donors (Lipinski definition) is 1. The number of carbonyl (C=O) groups is 1. The number of carboxylic acids is 1. The summed E-state index contributed by atoms with van der Waals surface area (Å²) in [5, 5.41) is 7.73. The zero-order chi connectivity index (χ0) is 5.15. The molecular weight excluding hydrogens is 336 g/mol. The second-order valence-corrected chi connectivity index (χ2v) is 1.74. The third kappa shape index (κ3) is 6.93. The number of halogens is 2. The Morgan fingerprint density at radius 2 is 1.71 bits per heavy atom. The van der Waals surface area contributed by atoms with Gasteiger partial charge in [0.25, 0.3) is 0 Å². The average molecular weight is 341 g/mol. The van der Waals surface area contributed by atoms with Crippen LogP contribution >= 0.6 is 23.2 Å². The third-order valence-electron chi connectivity index (χ3n) is 0.187. The van der Waals surface area contributed by atoms with Gasteiger partial charge in [0.05, 0.1) is 0 Å². The van der Waals surface area contributed by atoms with Crippen LogP contribution in [0.15, 0.2) is 0 Å². The van der Waals surface area contributed by atoms with Crippen LogP contribution in [0.4, 0.5) is 0 Å². The summed E-state index contributed by atoms with van der Waals surface area (Å²) in [6.45, 7) is 0. The van der Waals surface area contributed by atoms with E-state index in [1.165, 1.54) is 0 Å². The molecule has 0 atom stereocenters. The first-order valence-electron chi connectivity index (χ1n) is 1.15. The molecule has 0 bridgehead atoms. The summed E-state index contributed by atoms with van der Waals surface area (Å²) < 4.78 is 0. The Morgan fingerprint density at radius 3 is 1.71 bits per heavy atom. The molecule has 0 saturated heterocycles. The molecule has 7 heavy (non-hydrogen) atoms. The topological polar surface area (TPSA) is 37.3 Å². The van der Waals surface area contributed by atoms with Crippen molar-refractivity contribution >= 4 is 55.4 Å². The van der Waals surface area contributed by atoms with Gasteiger partial charge in [-0.25, -0.2) is 4.79 Å². The van der Waals surface area contributed by atoms with Gasteiger partial charge in [0, 0.05) is 0 Å². The maximum absolute atomic E-state index is 9.44. The monoisotopic (exact) mass is 340 g/mol. The van der Waals surface area contributed by atoms with Crippen LogP contribution in [0.1, 0.15) is 0 Å². The summed E-state index contributed by atoms with van der Waals surface area (Å²) in [6.07, 6.45) is 0. The van der Waals surface area contributed by atoms with Gasteiger partial charge in [-0.3, -0.25) is 0 Å². The Hall–Kier alpha value is 0.933. The van der Waals surface area contributed by atoms with Gasteiger partial charge >= 0.3 is 32.2 Å². The maximum atomic E-state index is 9.44. The van der Waals surface area contributed by atoms with E-state index in [1.54, 1.807) is 0 Å². The van der Waals surface area contributed by atoms with Gasteiger partial charge in [-0.1, -0.05) is 23.2 Å². The van der Waals surface area contributed by atoms with Crippen LogP contribution in [0, 0.1) is 0 Å². The molecule has 0 amide bonds. The van der Waals surface area contributed by atoms with E-state index in [2.05, 4.69) is 0 Å². The van der Waals surface area contributed by atoms with Crippen molar-refractivity contribution in [3.8, 4) is 0 Å². The molecule has 0 heterocycles. The molecule has 1 N–H and O–H groups in total. The van der Waals surface area contributed by atoms with Gasteiger partial charge in [-0.05, 0) is 0 Å². The fourth-order valence-corrected chi connectivity index (χ4v) is 0. The fourth-order valence-electron chi connectivity index (χ4n) is 0. The Balaban J connectivity index is 0. The fraction of sp³-hybridized carbons (Fsp3) is 0.500. The van der Waals surface area contributed by atoms with Crippen molar-refractivity contribution in [3.05, 3.63) is 0 Å². The molecule has 0 fully saturated rings. The zero-order valence-electron chi connectivity index (χ0n) is 3.40. The molecule has 0 aliphatic rings. The van der Waals surface area contributed by atoms with Crippen LogP contribution in [0.25, 0.3) is 0 Å². The predicted octanol–water partition coefficient (Wildman–Crippen LogP) is -0.309. The van der Waals surface area contributed by atoms with Crippen molar-refractivity contribution in [1.82, 2.24) is 0 Å². The molecule has 0 aliphatic carbocycles. The SMILES string of the molecule is O=C(O)C(Cl)Cl.[BiH3]. The second-order valence-electron chi connectivity index (χ2n) is 0.639. The van der Waals surface area contributed by atoms with Gasteiger partial charge in [0.15, 0.2) is 0 Å². The van der Waals surface area contributed by atoms with Crippen LogP contribution in [0.2, 0.25) is 0 Å². The number of aliphatic carboxylic acids is 1. The van der Waals surface area contributed by atoms with Gasteiger partial charge in [0.2, 0.25) is 4.84 Å². The van der Waals surface area contributed by atoms with E-state index in [1.807, 2.05) is 0 Å². The summed E-state index contributed by atoms with van der Waals surface area (Å²) in [6, 6.07) is 0. The Morgan fingerprint density at radius 1 is 1.57 bits per heavy atom. The second kappa shape index (κ2) is 5.08. The zero-order valence-corrected chi connectivity index (χ0v) is 10.4.